The highest BCUT2D eigenvalue weighted by Crippen LogP contribution is 2.17. The van der Waals surface area contributed by atoms with Crippen LogP contribution in [-0.4, -0.2) is 37.2 Å². The van der Waals surface area contributed by atoms with Gasteiger partial charge in [0.05, 0.1) is 12.8 Å². The maximum atomic E-state index is 13.6. The SMILES string of the molecule is N[C@H](CC(=O)OCCOC(=O)C[C@H](N)Cc1cc(F)c(F)cc1F)Cc1cc(F)c(F)cc1F. The number of carbonyl (C=O) groups is 2. The Morgan fingerprint density at radius 3 is 1.29 bits per heavy atom. The summed E-state index contributed by atoms with van der Waals surface area (Å²) in [5.41, 5.74) is 11.0. The van der Waals surface area contributed by atoms with Crippen molar-refractivity contribution >= 4 is 11.9 Å². The first kappa shape index (κ1) is 27.1. The van der Waals surface area contributed by atoms with Crippen LogP contribution in [0.1, 0.15) is 24.0 Å². The molecule has 34 heavy (non-hydrogen) atoms. The Labute approximate surface area is 190 Å². The smallest absolute Gasteiger partial charge is 0.307 e. The van der Waals surface area contributed by atoms with Crippen molar-refractivity contribution in [3.63, 3.8) is 0 Å². The molecule has 0 heterocycles. The number of carbonyl (C=O) groups excluding carboxylic acids is 2. The van der Waals surface area contributed by atoms with Crippen molar-refractivity contribution in [1.82, 2.24) is 0 Å². The second-order valence-electron chi connectivity index (χ2n) is 7.49. The second kappa shape index (κ2) is 12.4. The summed E-state index contributed by atoms with van der Waals surface area (Å²) in [7, 11) is 0. The van der Waals surface area contributed by atoms with Crippen LogP contribution in [0.25, 0.3) is 0 Å². The first-order valence-corrected chi connectivity index (χ1v) is 10.1. The molecule has 2 atom stereocenters. The van der Waals surface area contributed by atoms with Crippen molar-refractivity contribution in [2.45, 2.75) is 37.8 Å². The summed E-state index contributed by atoms with van der Waals surface area (Å²) in [4.78, 5) is 23.6. The summed E-state index contributed by atoms with van der Waals surface area (Å²) in [5, 5.41) is 0. The van der Waals surface area contributed by atoms with Crippen molar-refractivity contribution in [2.75, 3.05) is 13.2 Å². The van der Waals surface area contributed by atoms with Gasteiger partial charge in [0.2, 0.25) is 0 Å². The summed E-state index contributed by atoms with van der Waals surface area (Å²) < 4.78 is 89.2. The summed E-state index contributed by atoms with van der Waals surface area (Å²) >= 11 is 0. The van der Waals surface area contributed by atoms with Gasteiger partial charge in [0.25, 0.3) is 0 Å². The molecule has 6 nitrogen and oxygen atoms in total. The molecule has 0 unspecified atom stereocenters. The monoisotopic (exact) mass is 492 g/mol. The van der Waals surface area contributed by atoms with E-state index < -0.39 is 58.9 Å². The molecule has 0 aromatic heterocycles. The van der Waals surface area contributed by atoms with Crippen LogP contribution in [0, 0.1) is 34.9 Å². The number of rotatable bonds is 11. The van der Waals surface area contributed by atoms with Gasteiger partial charge in [-0.05, 0) is 36.1 Å². The van der Waals surface area contributed by atoms with Crippen LogP contribution in [-0.2, 0) is 31.9 Å². The molecule has 2 aromatic carbocycles. The molecular formula is C22H22F6N2O4. The number of halogens is 6. The first-order valence-electron chi connectivity index (χ1n) is 10.1. The van der Waals surface area contributed by atoms with Crippen LogP contribution >= 0.6 is 0 Å². The van der Waals surface area contributed by atoms with Crippen LogP contribution in [0.4, 0.5) is 26.3 Å². The minimum Gasteiger partial charge on any atom is -0.462 e. The van der Waals surface area contributed by atoms with Crippen LogP contribution in [0.3, 0.4) is 0 Å². The highest BCUT2D eigenvalue weighted by Gasteiger charge is 2.18. The molecule has 0 radical (unpaired) electrons. The Hall–Kier alpha value is -3.12. The lowest BCUT2D eigenvalue weighted by atomic mass is 10.0. The minimum absolute atomic E-state index is 0.201. The third-order valence-electron chi connectivity index (χ3n) is 4.61. The van der Waals surface area contributed by atoms with Gasteiger partial charge in [-0.2, -0.15) is 0 Å². The minimum atomic E-state index is -1.35. The lowest BCUT2D eigenvalue weighted by Gasteiger charge is -2.13. The predicted molar refractivity (Wildman–Crippen MR) is 107 cm³/mol. The van der Waals surface area contributed by atoms with E-state index in [1.165, 1.54) is 0 Å². The van der Waals surface area contributed by atoms with E-state index >= 15 is 0 Å². The third kappa shape index (κ3) is 8.34. The summed E-state index contributed by atoms with van der Waals surface area (Å²) in [6.45, 7) is -0.659. The number of ether oxygens (including phenoxy) is 2. The summed E-state index contributed by atoms with van der Waals surface area (Å²) in [6, 6.07) is 0.185. The van der Waals surface area contributed by atoms with Crippen LogP contribution in [0.2, 0.25) is 0 Å². The maximum Gasteiger partial charge on any atom is 0.307 e. The van der Waals surface area contributed by atoms with Gasteiger partial charge in [-0.15, -0.1) is 0 Å². The van der Waals surface area contributed by atoms with Crippen molar-refractivity contribution in [3.05, 3.63) is 70.3 Å². The predicted octanol–water partition coefficient (Wildman–Crippen LogP) is 2.83. The summed E-state index contributed by atoms with van der Waals surface area (Å²) in [5.74, 6) is -8.78. The number of nitrogens with two attached hydrogens (primary N) is 2. The molecule has 186 valence electrons. The molecule has 0 aliphatic carbocycles. The van der Waals surface area contributed by atoms with Gasteiger partial charge >= 0.3 is 11.9 Å². The highest BCUT2D eigenvalue weighted by atomic mass is 19.2. The largest absolute Gasteiger partial charge is 0.462 e. The van der Waals surface area contributed by atoms with Crippen molar-refractivity contribution in [3.8, 4) is 0 Å². The average Bonchev–Trinajstić information content (AvgIpc) is 2.73. The Morgan fingerprint density at radius 2 is 0.941 bits per heavy atom. The number of hydrogen-bond donors (Lipinski definition) is 2. The molecule has 0 aliphatic rings. The zero-order valence-electron chi connectivity index (χ0n) is 17.8. The van der Waals surface area contributed by atoms with Crippen LogP contribution in [0.5, 0.6) is 0 Å². The van der Waals surface area contributed by atoms with E-state index in [4.69, 9.17) is 20.9 Å². The van der Waals surface area contributed by atoms with E-state index in [0.717, 1.165) is 0 Å². The molecule has 2 aromatic rings. The van der Waals surface area contributed by atoms with Crippen LogP contribution < -0.4 is 11.5 Å². The summed E-state index contributed by atoms with van der Waals surface area (Å²) in [6.07, 6.45) is -1.22. The second-order valence-corrected chi connectivity index (χ2v) is 7.49. The van der Waals surface area contributed by atoms with Gasteiger partial charge in [-0.1, -0.05) is 0 Å². The van der Waals surface area contributed by atoms with Crippen molar-refractivity contribution < 1.29 is 45.4 Å². The van der Waals surface area contributed by atoms with Gasteiger partial charge in [0.1, 0.15) is 24.8 Å². The molecule has 0 aliphatic heterocycles. The number of hydrogen-bond acceptors (Lipinski definition) is 6. The molecule has 0 fully saturated rings. The molecule has 0 saturated heterocycles. The van der Waals surface area contributed by atoms with E-state index in [1.807, 2.05) is 0 Å². The van der Waals surface area contributed by atoms with E-state index in [0.29, 0.717) is 24.3 Å². The molecule has 0 spiro atoms. The zero-order valence-corrected chi connectivity index (χ0v) is 17.8. The van der Waals surface area contributed by atoms with Crippen LogP contribution in [0.15, 0.2) is 24.3 Å². The lowest BCUT2D eigenvalue weighted by Crippen LogP contribution is -2.29. The molecular weight excluding hydrogens is 470 g/mol. The third-order valence-corrected chi connectivity index (χ3v) is 4.61. The van der Waals surface area contributed by atoms with E-state index in [2.05, 4.69) is 0 Å². The fourth-order valence-corrected chi connectivity index (χ4v) is 3.01. The van der Waals surface area contributed by atoms with E-state index in [1.54, 1.807) is 0 Å². The Morgan fingerprint density at radius 1 is 0.618 bits per heavy atom. The van der Waals surface area contributed by atoms with Gasteiger partial charge in [0, 0.05) is 24.2 Å². The fourth-order valence-electron chi connectivity index (χ4n) is 3.01. The van der Waals surface area contributed by atoms with Crippen molar-refractivity contribution in [2.24, 2.45) is 11.5 Å². The van der Waals surface area contributed by atoms with Crippen molar-refractivity contribution in [1.29, 1.82) is 0 Å². The normalized spacial score (nSPS) is 12.8. The molecule has 0 bridgehead atoms. The van der Waals surface area contributed by atoms with Gasteiger partial charge in [-0.25, -0.2) is 26.3 Å². The number of benzene rings is 2. The number of esters is 2. The first-order chi connectivity index (χ1) is 16.0. The van der Waals surface area contributed by atoms with E-state index in [-0.39, 0.29) is 50.0 Å². The molecule has 4 N–H and O–H groups in total. The Kier molecular flexibility index (Phi) is 9.87. The zero-order chi connectivity index (χ0) is 25.4. The maximum absolute atomic E-state index is 13.6. The fraction of sp³-hybridized carbons (Fsp3) is 0.364. The Bertz CT molecular complexity index is 955. The molecule has 12 heteroatoms. The van der Waals surface area contributed by atoms with E-state index in [9.17, 15) is 35.9 Å². The Balaban J connectivity index is 1.67. The molecule has 2 rings (SSSR count). The van der Waals surface area contributed by atoms with Gasteiger partial charge in [-0.3, -0.25) is 9.59 Å². The topological polar surface area (TPSA) is 105 Å². The quantitative estimate of drug-likeness (QED) is 0.216. The molecule has 0 amide bonds. The highest BCUT2D eigenvalue weighted by molar-refractivity contribution is 5.71. The average molecular weight is 492 g/mol. The van der Waals surface area contributed by atoms with Gasteiger partial charge < -0.3 is 20.9 Å². The standard InChI is InChI=1S/C22H22F6N2O4/c23-15-9-19(27)17(25)5-11(15)3-13(29)7-21(31)33-1-2-34-22(32)8-14(30)4-12-6-18(26)20(28)10-16(12)24/h5-6,9-10,13-14H,1-4,7-8,29-30H2/t13-,14+. The molecule has 0 saturated carbocycles. The lowest BCUT2D eigenvalue weighted by molar-refractivity contribution is -0.152. The van der Waals surface area contributed by atoms with Gasteiger partial charge in [0.15, 0.2) is 23.3 Å².